The molecule has 0 fully saturated rings. The van der Waals surface area contributed by atoms with Gasteiger partial charge in [0.1, 0.15) is 23.8 Å². The van der Waals surface area contributed by atoms with E-state index in [2.05, 4.69) is 6.58 Å². The van der Waals surface area contributed by atoms with Crippen molar-refractivity contribution in [2.24, 2.45) is 0 Å². The van der Waals surface area contributed by atoms with Gasteiger partial charge in [-0.2, -0.15) is 0 Å². The Kier molecular flexibility index (Phi) is 5.67. The number of carbonyl (C=O) groups is 1. The molecule has 0 bridgehead atoms. The monoisotopic (exact) mass is 475 g/mol. The van der Waals surface area contributed by atoms with E-state index in [1.165, 1.54) is 12.1 Å². The molecule has 0 spiro atoms. The second-order valence-electron chi connectivity index (χ2n) is 7.91. The number of amides is 1. The van der Waals surface area contributed by atoms with Crippen LogP contribution in [0.15, 0.2) is 88.6 Å². The van der Waals surface area contributed by atoms with Crippen molar-refractivity contribution in [3.8, 4) is 5.75 Å². The van der Waals surface area contributed by atoms with E-state index in [9.17, 15) is 14.0 Å². The topological polar surface area (TPSA) is 59.8 Å². The van der Waals surface area contributed by atoms with E-state index in [0.29, 0.717) is 22.9 Å². The maximum absolute atomic E-state index is 13.9. The van der Waals surface area contributed by atoms with Crippen molar-refractivity contribution >= 4 is 28.5 Å². The zero-order valence-corrected chi connectivity index (χ0v) is 18.7. The lowest BCUT2D eigenvalue weighted by molar-refractivity contribution is 0.0714. The average Bonchev–Trinajstić information content (AvgIpc) is 3.12. The van der Waals surface area contributed by atoms with Crippen molar-refractivity contribution in [2.75, 3.05) is 6.61 Å². The van der Waals surface area contributed by atoms with E-state index in [4.69, 9.17) is 20.8 Å². The van der Waals surface area contributed by atoms with Gasteiger partial charge in [0, 0.05) is 11.6 Å². The van der Waals surface area contributed by atoms with Gasteiger partial charge in [-0.25, -0.2) is 4.39 Å². The molecular weight excluding hydrogens is 457 g/mol. The molecule has 0 radical (unpaired) electrons. The van der Waals surface area contributed by atoms with Gasteiger partial charge < -0.3 is 14.1 Å². The molecule has 1 aromatic heterocycles. The standard InChI is InChI=1S/C27H19ClFNO4/c1-2-13-33-19-10-7-16(8-11-19)24-23-25(31)20-14-18(29)9-12-22(20)34-26(23)27(32)30(24)15-17-5-3-4-6-21(17)28/h2-12,14,24H,1,13,15H2/t24-/m1/s1. The fraction of sp³-hybridized carbons (Fsp3) is 0.111. The Morgan fingerprint density at radius 2 is 1.85 bits per heavy atom. The molecule has 34 heavy (non-hydrogen) atoms. The zero-order valence-electron chi connectivity index (χ0n) is 18.0. The molecule has 1 aliphatic heterocycles. The van der Waals surface area contributed by atoms with E-state index in [-0.39, 0.29) is 28.8 Å². The summed E-state index contributed by atoms with van der Waals surface area (Å²) in [5.41, 5.74) is 1.31. The van der Waals surface area contributed by atoms with Gasteiger partial charge in [-0.15, -0.1) is 0 Å². The molecule has 0 aliphatic carbocycles. The Bertz CT molecular complexity index is 1480. The quantitative estimate of drug-likeness (QED) is 0.326. The average molecular weight is 476 g/mol. The summed E-state index contributed by atoms with van der Waals surface area (Å²) in [6, 6.07) is 17.2. The Labute approximate surface area is 199 Å². The Morgan fingerprint density at radius 1 is 1.09 bits per heavy atom. The highest BCUT2D eigenvalue weighted by Crippen LogP contribution is 2.40. The fourth-order valence-corrected chi connectivity index (χ4v) is 4.41. The van der Waals surface area contributed by atoms with Crippen molar-refractivity contribution in [3.63, 3.8) is 0 Å². The number of rotatable bonds is 6. The smallest absolute Gasteiger partial charge is 0.291 e. The van der Waals surface area contributed by atoms with Crippen LogP contribution in [-0.2, 0) is 6.54 Å². The van der Waals surface area contributed by atoms with Crippen LogP contribution >= 0.6 is 11.6 Å². The van der Waals surface area contributed by atoms with Gasteiger partial charge in [0.05, 0.1) is 17.0 Å². The minimum atomic E-state index is -0.740. The summed E-state index contributed by atoms with van der Waals surface area (Å²) in [7, 11) is 0. The summed E-state index contributed by atoms with van der Waals surface area (Å²) in [4.78, 5) is 28.6. The van der Waals surface area contributed by atoms with Gasteiger partial charge in [0.25, 0.3) is 5.91 Å². The van der Waals surface area contributed by atoms with Crippen LogP contribution in [-0.4, -0.2) is 17.4 Å². The molecule has 5 rings (SSSR count). The molecule has 170 valence electrons. The zero-order chi connectivity index (χ0) is 23.8. The number of ether oxygens (including phenoxy) is 1. The summed E-state index contributed by atoms with van der Waals surface area (Å²) in [5.74, 6) is -0.417. The first-order valence-corrected chi connectivity index (χ1v) is 11.0. The number of halogens is 2. The maximum Gasteiger partial charge on any atom is 0.291 e. The summed E-state index contributed by atoms with van der Waals surface area (Å²) in [5, 5.41) is 0.590. The van der Waals surface area contributed by atoms with Crippen LogP contribution in [0.2, 0.25) is 5.02 Å². The molecule has 1 aliphatic rings. The van der Waals surface area contributed by atoms with Gasteiger partial charge in [0.15, 0.2) is 5.43 Å². The van der Waals surface area contributed by atoms with E-state index in [1.807, 2.05) is 12.1 Å². The summed E-state index contributed by atoms with van der Waals surface area (Å²) >= 11 is 6.37. The van der Waals surface area contributed by atoms with Crippen molar-refractivity contribution in [1.82, 2.24) is 4.90 Å². The number of fused-ring (bicyclic) bond motifs is 2. The molecule has 0 unspecified atom stereocenters. The molecule has 5 nitrogen and oxygen atoms in total. The lowest BCUT2D eigenvalue weighted by Crippen LogP contribution is -2.29. The Hall–Kier alpha value is -3.90. The first-order chi connectivity index (χ1) is 16.5. The minimum Gasteiger partial charge on any atom is -0.490 e. The first kappa shape index (κ1) is 21.9. The van der Waals surface area contributed by atoms with Crippen LogP contribution in [0, 0.1) is 5.82 Å². The van der Waals surface area contributed by atoms with Gasteiger partial charge in [-0.3, -0.25) is 9.59 Å². The second-order valence-corrected chi connectivity index (χ2v) is 8.32. The van der Waals surface area contributed by atoms with E-state index in [1.54, 1.807) is 47.4 Å². The van der Waals surface area contributed by atoms with Crippen LogP contribution in [0.1, 0.15) is 33.3 Å². The van der Waals surface area contributed by atoms with Crippen LogP contribution in [0.5, 0.6) is 5.75 Å². The van der Waals surface area contributed by atoms with Gasteiger partial charge in [0.2, 0.25) is 5.76 Å². The van der Waals surface area contributed by atoms with Crippen LogP contribution < -0.4 is 10.2 Å². The third-order valence-corrected chi connectivity index (χ3v) is 6.16. The minimum absolute atomic E-state index is 0.0480. The number of carbonyl (C=O) groups excluding carboxylic acids is 1. The molecule has 1 atom stereocenters. The van der Waals surface area contributed by atoms with Crippen molar-refractivity contribution in [2.45, 2.75) is 12.6 Å². The van der Waals surface area contributed by atoms with Crippen molar-refractivity contribution in [3.05, 3.63) is 123 Å². The van der Waals surface area contributed by atoms with Crippen LogP contribution in [0.25, 0.3) is 11.0 Å². The lowest BCUT2D eigenvalue weighted by atomic mass is 9.98. The Morgan fingerprint density at radius 3 is 2.59 bits per heavy atom. The molecule has 4 aromatic rings. The highest BCUT2D eigenvalue weighted by atomic mass is 35.5. The number of hydrogen-bond donors (Lipinski definition) is 0. The van der Waals surface area contributed by atoms with Gasteiger partial charge >= 0.3 is 0 Å². The molecule has 0 N–H and O–H groups in total. The lowest BCUT2D eigenvalue weighted by Gasteiger charge is -2.25. The number of nitrogens with zero attached hydrogens (tertiary/aromatic N) is 1. The molecule has 3 aromatic carbocycles. The highest BCUT2D eigenvalue weighted by molar-refractivity contribution is 6.31. The predicted molar refractivity (Wildman–Crippen MR) is 128 cm³/mol. The van der Waals surface area contributed by atoms with E-state index >= 15 is 0 Å². The summed E-state index contributed by atoms with van der Waals surface area (Å²) in [6.07, 6.45) is 1.64. The normalized spacial score (nSPS) is 14.9. The molecule has 0 saturated heterocycles. The summed E-state index contributed by atoms with van der Waals surface area (Å²) in [6.45, 7) is 4.15. The number of benzene rings is 3. The largest absolute Gasteiger partial charge is 0.490 e. The second kappa shape index (κ2) is 8.80. The molecular formula is C27H19ClFNO4. The van der Waals surface area contributed by atoms with E-state index < -0.39 is 23.2 Å². The molecule has 7 heteroatoms. The summed E-state index contributed by atoms with van der Waals surface area (Å²) < 4.78 is 25.3. The van der Waals surface area contributed by atoms with Gasteiger partial charge in [-0.1, -0.05) is 54.6 Å². The SMILES string of the molecule is C=CCOc1ccc([C@@H]2c3c(oc4ccc(F)cc4c3=O)C(=O)N2Cc2ccccc2Cl)cc1. The highest BCUT2D eigenvalue weighted by Gasteiger charge is 2.43. The van der Waals surface area contributed by atoms with Crippen LogP contribution in [0.4, 0.5) is 4.39 Å². The van der Waals surface area contributed by atoms with Crippen molar-refractivity contribution in [1.29, 1.82) is 0 Å². The van der Waals surface area contributed by atoms with Gasteiger partial charge in [-0.05, 0) is 47.5 Å². The predicted octanol–water partition coefficient (Wildman–Crippen LogP) is 5.90. The fourth-order valence-electron chi connectivity index (χ4n) is 4.21. The first-order valence-electron chi connectivity index (χ1n) is 10.6. The molecule has 1 amide bonds. The van der Waals surface area contributed by atoms with E-state index in [0.717, 1.165) is 11.6 Å². The molecule has 2 heterocycles. The van der Waals surface area contributed by atoms with Crippen LogP contribution in [0.3, 0.4) is 0 Å². The maximum atomic E-state index is 13.9. The number of hydrogen-bond acceptors (Lipinski definition) is 4. The molecule has 0 saturated carbocycles. The third-order valence-electron chi connectivity index (χ3n) is 5.79. The Balaban J connectivity index is 1.67. The van der Waals surface area contributed by atoms with Crippen molar-refractivity contribution < 1.29 is 18.3 Å². The third kappa shape index (κ3) is 3.76.